The van der Waals surface area contributed by atoms with E-state index in [0.717, 1.165) is 0 Å². The molecule has 0 rings (SSSR count). The molecule has 0 saturated carbocycles. The van der Waals surface area contributed by atoms with Crippen LogP contribution < -0.4 is 0 Å². The molecule has 0 aromatic heterocycles. The van der Waals surface area contributed by atoms with E-state index in [0.29, 0.717) is 6.42 Å². The molecule has 122 valence electrons. The van der Waals surface area contributed by atoms with Crippen molar-refractivity contribution in [1.82, 2.24) is 0 Å². The molecule has 2 atom stereocenters. The van der Waals surface area contributed by atoms with Crippen molar-refractivity contribution in [2.24, 2.45) is 23.7 Å². The van der Waals surface area contributed by atoms with Crippen molar-refractivity contribution >= 4 is 17.7 Å². The Kier molecular flexibility index (Phi) is 8.90. The lowest BCUT2D eigenvalue weighted by molar-refractivity contribution is -0.175. The molecule has 0 N–H and O–H groups in total. The van der Waals surface area contributed by atoms with Gasteiger partial charge in [-0.1, -0.05) is 34.6 Å². The van der Waals surface area contributed by atoms with Gasteiger partial charge in [0.25, 0.3) is 0 Å². The molecule has 5 nitrogen and oxygen atoms in total. The van der Waals surface area contributed by atoms with Gasteiger partial charge in [0.05, 0.1) is 11.8 Å². The van der Waals surface area contributed by atoms with Gasteiger partial charge in [-0.25, -0.2) is 0 Å². The zero-order chi connectivity index (χ0) is 16.6. The molecule has 0 aliphatic rings. The van der Waals surface area contributed by atoms with Crippen molar-refractivity contribution in [3.8, 4) is 0 Å². The van der Waals surface area contributed by atoms with Crippen LogP contribution in [0.15, 0.2) is 0 Å². The maximum Gasteiger partial charge on any atom is 0.312 e. The molecule has 0 bridgehead atoms. The highest BCUT2D eigenvalue weighted by atomic mass is 16.7. The van der Waals surface area contributed by atoms with Gasteiger partial charge in [-0.05, 0) is 25.2 Å². The molecule has 2 unspecified atom stereocenters. The van der Waals surface area contributed by atoms with Crippen molar-refractivity contribution in [1.29, 1.82) is 0 Å². The van der Waals surface area contributed by atoms with Crippen molar-refractivity contribution in [2.45, 2.75) is 54.4 Å². The van der Waals surface area contributed by atoms with Crippen molar-refractivity contribution in [3.05, 3.63) is 0 Å². The van der Waals surface area contributed by atoms with Crippen molar-refractivity contribution < 1.29 is 23.9 Å². The number of rotatable bonds is 9. The largest absolute Gasteiger partial charge is 0.428 e. The fourth-order valence-corrected chi connectivity index (χ4v) is 2.17. The van der Waals surface area contributed by atoms with E-state index >= 15 is 0 Å². The lowest BCUT2D eigenvalue weighted by atomic mass is 9.91. The molecular formula is C16H28O5. The van der Waals surface area contributed by atoms with Crippen LogP contribution in [0.5, 0.6) is 0 Å². The maximum absolute atomic E-state index is 11.9. The van der Waals surface area contributed by atoms with E-state index in [2.05, 4.69) is 0 Å². The molecule has 0 amide bonds. The van der Waals surface area contributed by atoms with Crippen LogP contribution in [0.25, 0.3) is 0 Å². The van der Waals surface area contributed by atoms with Gasteiger partial charge in [0.2, 0.25) is 6.79 Å². The lowest BCUT2D eigenvalue weighted by Gasteiger charge is -2.20. The van der Waals surface area contributed by atoms with E-state index in [1.54, 1.807) is 0 Å². The molecule has 21 heavy (non-hydrogen) atoms. The van der Waals surface area contributed by atoms with Crippen molar-refractivity contribution in [3.63, 3.8) is 0 Å². The summed E-state index contributed by atoms with van der Waals surface area (Å²) in [7, 11) is 0. The SMILES string of the molecule is CCC(C(=O)OCOC(=O)C(CC(C)=O)C(C)C)C(C)C. The first-order chi connectivity index (χ1) is 9.70. The number of hydrogen-bond acceptors (Lipinski definition) is 5. The maximum atomic E-state index is 11.9. The number of esters is 2. The Balaban J connectivity index is 4.35. The average molecular weight is 300 g/mol. The highest BCUT2D eigenvalue weighted by Gasteiger charge is 2.26. The second-order valence-corrected chi connectivity index (χ2v) is 6.06. The zero-order valence-electron chi connectivity index (χ0n) is 14.0. The second-order valence-electron chi connectivity index (χ2n) is 6.06. The summed E-state index contributed by atoms with van der Waals surface area (Å²) in [5.41, 5.74) is 0. The fraction of sp³-hybridized carbons (Fsp3) is 0.812. The average Bonchev–Trinajstić information content (AvgIpc) is 2.35. The van der Waals surface area contributed by atoms with E-state index in [9.17, 15) is 14.4 Å². The Morgan fingerprint density at radius 2 is 1.29 bits per heavy atom. The third kappa shape index (κ3) is 7.25. The van der Waals surface area contributed by atoms with Crippen LogP contribution in [0.2, 0.25) is 0 Å². The first-order valence-corrected chi connectivity index (χ1v) is 7.53. The summed E-state index contributed by atoms with van der Waals surface area (Å²) < 4.78 is 9.97. The van der Waals surface area contributed by atoms with Gasteiger partial charge in [-0.3, -0.25) is 9.59 Å². The summed E-state index contributed by atoms with van der Waals surface area (Å²) in [6, 6.07) is 0. The van der Waals surface area contributed by atoms with E-state index in [-0.39, 0.29) is 42.7 Å². The van der Waals surface area contributed by atoms with Crippen LogP contribution in [-0.2, 0) is 23.9 Å². The van der Waals surface area contributed by atoms with Crippen LogP contribution in [0.1, 0.15) is 54.4 Å². The van der Waals surface area contributed by atoms with E-state index in [4.69, 9.17) is 9.47 Å². The van der Waals surface area contributed by atoms with Gasteiger partial charge in [-0.2, -0.15) is 0 Å². The van der Waals surface area contributed by atoms with Gasteiger partial charge in [-0.15, -0.1) is 0 Å². The Labute approximate surface area is 127 Å². The summed E-state index contributed by atoms with van der Waals surface area (Å²) in [6.45, 7) is 10.6. The van der Waals surface area contributed by atoms with E-state index in [1.165, 1.54) is 6.92 Å². The molecule has 0 heterocycles. The van der Waals surface area contributed by atoms with Crippen LogP contribution in [0.4, 0.5) is 0 Å². The minimum atomic E-state index is -0.495. The Bertz CT molecular complexity index is 360. The van der Waals surface area contributed by atoms with Crippen LogP contribution in [0.3, 0.4) is 0 Å². The summed E-state index contributed by atoms with van der Waals surface area (Å²) in [6.07, 6.45) is 0.831. The van der Waals surface area contributed by atoms with Gasteiger partial charge in [0, 0.05) is 6.42 Å². The summed E-state index contributed by atoms with van der Waals surface area (Å²) in [4.78, 5) is 34.9. The molecule has 0 aliphatic carbocycles. The van der Waals surface area contributed by atoms with E-state index < -0.39 is 11.9 Å². The number of carbonyl (C=O) groups excluding carboxylic acids is 3. The standard InChI is InChI=1S/C16H28O5/c1-7-13(10(2)3)15(18)20-9-21-16(19)14(11(4)5)8-12(6)17/h10-11,13-14H,7-9H2,1-6H3. The summed E-state index contributed by atoms with van der Waals surface area (Å²) in [5, 5.41) is 0. The van der Waals surface area contributed by atoms with Crippen LogP contribution in [0, 0.1) is 23.7 Å². The molecule has 0 radical (unpaired) electrons. The lowest BCUT2D eigenvalue weighted by Crippen LogP contribution is -2.28. The Morgan fingerprint density at radius 3 is 1.62 bits per heavy atom. The molecule has 0 fully saturated rings. The van der Waals surface area contributed by atoms with Crippen LogP contribution >= 0.6 is 0 Å². The van der Waals surface area contributed by atoms with Crippen molar-refractivity contribution in [2.75, 3.05) is 6.79 Å². The normalized spacial score (nSPS) is 13.9. The highest BCUT2D eigenvalue weighted by Crippen LogP contribution is 2.19. The Morgan fingerprint density at radius 1 is 0.857 bits per heavy atom. The predicted octanol–water partition coefficient (Wildman–Crippen LogP) is 2.96. The zero-order valence-corrected chi connectivity index (χ0v) is 14.0. The van der Waals surface area contributed by atoms with Gasteiger partial charge in [0.15, 0.2) is 0 Å². The minimum absolute atomic E-state index is 0.00356. The van der Waals surface area contributed by atoms with Gasteiger partial charge in [0.1, 0.15) is 5.78 Å². The summed E-state index contributed by atoms with van der Waals surface area (Å²) in [5.74, 6) is -1.42. The highest BCUT2D eigenvalue weighted by molar-refractivity contribution is 5.83. The first-order valence-electron chi connectivity index (χ1n) is 7.53. The van der Waals surface area contributed by atoms with Gasteiger partial charge >= 0.3 is 11.9 Å². The molecule has 0 spiro atoms. The molecule has 0 aromatic carbocycles. The third-order valence-corrected chi connectivity index (χ3v) is 3.56. The predicted molar refractivity (Wildman–Crippen MR) is 79.3 cm³/mol. The molecule has 0 aliphatic heterocycles. The first kappa shape index (κ1) is 19.6. The van der Waals surface area contributed by atoms with E-state index in [1.807, 2.05) is 34.6 Å². The molecular weight excluding hydrogens is 272 g/mol. The Hall–Kier alpha value is -1.39. The smallest absolute Gasteiger partial charge is 0.312 e. The summed E-state index contributed by atoms with van der Waals surface area (Å²) >= 11 is 0. The van der Waals surface area contributed by atoms with Gasteiger partial charge < -0.3 is 14.3 Å². The number of carbonyl (C=O) groups is 3. The molecule has 0 saturated heterocycles. The number of Topliss-reactive ketones (excluding diaryl/α,β-unsaturated/α-hetero) is 1. The molecule has 0 aromatic rings. The number of hydrogen-bond donors (Lipinski definition) is 0. The number of ketones is 1. The third-order valence-electron chi connectivity index (χ3n) is 3.56. The fourth-order valence-electron chi connectivity index (χ4n) is 2.17. The minimum Gasteiger partial charge on any atom is -0.428 e. The van der Waals surface area contributed by atoms with Crippen LogP contribution in [-0.4, -0.2) is 24.5 Å². The number of ether oxygens (including phenoxy) is 2. The quantitative estimate of drug-likeness (QED) is 0.483. The molecule has 5 heteroatoms. The topological polar surface area (TPSA) is 69.7 Å². The monoisotopic (exact) mass is 300 g/mol. The second kappa shape index (κ2) is 9.53.